The van der Waals surface area contributed by atoms with E-state index in [9.17, 15) is 0 Å². The molecule has 0 atom stereocenters. The zero-order chi connectivity index (χ0) is 35.0. The summed E-state index contributed by atoms with van der Waals surface area (Å²) >= 11 is 0. The highest BCUT2D eigenvalue weighted by Gasteiger charge is 2.19. The van der Waals surface area contributed by atoms with E-state index in [1.807, 2.05) is 36.4 Å². The van der Waals surface area contributed by atoms with Crippen molar-refractivity contribution in [3.8, 4) is 56.0 Å². The van der Waals surface area contributed by atoms with Crippen LogP contribution < -0.4 is 9.47 Å². The van der Waals surface area contributed by atoms with E-state index in [-0.39, 0.29) is 0 Å². The summed E-state index contributed by atoms with van der Waals surface area (Å²) in [4.78, 5) is 18.3. The summed E-state index contributed by atoms with van der Waals surface area (Å²) in [7, 11) is 3.37. The highest BCUT2D eigenvalue weighted by Crippen LogP contribution is 2.38. The molecule has 2 N–H and O–H groups in total. The number of nitrogens with one attached hydrogen (secondary N) is 2. The summed E-state index contributed by atoms with van der Waals surface area (Å²) in [6.07, 6.45) is 8.46. The smallest absolute Gasteiger partial charge is 0.118 e. The van der Waals surface area contributed by atoms with Gasteiger partial charge in [-0.25, -0.2) is 9.97 Å². The Bertz CT molecular complexity index is 2490. The predicted molar refractivity (Wildman–Crippen MR) is 214 cm³/mol. The van der Waals surface area contributed by atoms with Crippen molar-refractivity contribution in [2.75, 3.05) is 14.2 Å². The Morgan fingerprint density at radius 3 is 0.923 bits per heavy atom. The summed E-state index contributed by atoms with van der Waals surface area (Å²) in [6.45, 7) is 0. The Labute approximate surface area is 301 Å². The SMILES string of the molecule is COc1ccc(-c2c3nc(c(-c4ccc(OC)cc4)c4ccc([nH]4)c(-c4ccccc4)c4nc(c(-c5ccccc5)c5ccc2[nH]5)C=C4)C=C3)cc1. The van der Waals surface area contributed by atoms with Crippen molar-refractivity contribution >= 4 is 46.4 Å². The third-order valence-electron chi connectivity index (χ3n) is 9.64. The van der Waals surface area contributed by atoms with Gasteiger partial charge in [-0.2, -0.15) is 0 Å². The summed E-state index contributed by atoms with van der Waals surface area (Å²) in [5, 5.41) is 0. The van der Waals surface area contributed by atoms with Gasteiger partial charge in [0.1, 0.15) is 11.5 Å². The van der Waals surface area contributed by atoms with Gasteiger partial charge in [-0.3, -0.25) is 0 Å². The molecule has 5 heterocycles. The number of aromatic nitrogens is 4. The lowest BCUT2D eigenvalue weighted by atomic mass is 10.0. The summed E-state index contributed by atoms with van der Waals surface area (Å²) in [5.41, 5.74) is 15.5. The number of rotatable bonds is 6. The van der Waals surface area contributed by atoms with E-state index in [0.29, 0.717) is 0 Å². The van der Waals surface area contributed by atoms with Crippen LogP contribution >= 0.6 is 0 Å². The monoisotopic (exact) mass is 674 g/mol. The Morgan fingerprint density at radius 2 is 0.635 bits per heavy atom. The Balaban J connectivity index is 1.45. The average molecular weight is 675 g/mol. The van der Waals surface area contributed by atoms with E-state index in [0.717, 1.165) is 101 Å². The molecule has 0 saturated heterocycles. The number of hydrogen-bond acceptors (Lipinski definition) is 4. The molecule has 0 unspecified atom stereocenters. The lowest BCUT2D eigenvalue weighted by Crippen LogP contribution is -1.90. The van der Waals surface area contributed by atoms with Crippen LogP contribution in [-0.2, 0) is 0 Å². The molecule has 6 nitrogen and oxygen atoms in total. The molecule has 3 aromatic heterocycles. The fourth-order valence-corrected chi connectivity index (χ4v) is 7.15. The third kappa shape index (κ3) is 5.56. The molecule has 8 bridgehead atoms. The van der Waals surface area contributed by atoms with Crippen molar-refractivity contribution in [3.05, 3.63) is 156 Å². The van der Waals surface area contributed by atoms with E-state index in [1.54, 1.807) is 14.2 Å². The fourth-order valence-electron chi connectivity index (χ4n) is 7.15. The first-order chi connectivity index (χ1) is 25.7. The number of nitrogens with zero attached hydrogens (tertiary/aromatic N) is 2. The molecule has 250 valence electrons. The molecule has 52 heavy (non-hydrogen) atoms. The standard InChI is InChI=1S/C46H34N4O2/c1-51-33-17-13-31(14-18-33)45-39-25-23-37(48-39)43(29-9-5-3-6-10-29)35-21-22-36(47-35)44(30-11-7-4-8-12-30)38-24-26-40(49-38)46(42-28-27-41(45)50-42)32-15-19-34(52-2)20-16-32/h3-28,48-49H,1-2H3. The van der Waals surface area contributed by atoms with Crippen LogP contribution in [0.5, 0.6) is 11.5 Å². The minimum absolute atomic E-state index is 0.794. The van der Waals surface area contributed by atoms with Gasteiger partial charge >= 0.3 is 0 Å². The van der Waals surface area contributed by atoms with Gasteiger partial charge in [0.15, 0.2) is 0 Å². The number of hydrogen-bond donors (Lipinski definition) is 2. The van der Waals surface area contributed by atoms with Gasteiger partial charge in [0.2, 0.25) is 0 Å². The second kappa shape index (κ2) is 13.1. The van der Waals surface area contributed by atoms with Gasteiger partial charge in [0.25, 0.3) is 0 Å². The Kier molecular flexibility index (Phi) is 7.82. The molecule has 0 aliphatic carbocycles. The third-order valence-corrected chi connectivity index (χ3v) is 9.64. The molecule has 0 amide bonds. The first-order valence-corrected chi connectivity index (χ1v) is 17.2. The van der Waals surface area contributed by atoms with Crippen LogP contribution in [0.25, 0.3) is 90.9 Å². The van der Waals surface area contributed by atoms with Gasteiger partial charge in [0, 0.05) is 44.3 Å². The van der Waals surface area contributed by atoms with E-state index in [1.165, 1.54) is 0 Å². The van der Waals surface area contributed by atoms with Crippen LogP contribution in [0.1, 0.15) is 22.8 Å². The first kappa shape index (κ1) is 31.1. The minimum Gasteiger partial charge on any atom is -0.497 e. The maximum absolute atomic E-state index is 5.52. The van der Waals surface area contributed by atoms with Crippen molar-refractivity contribution < 1.29 is 9.47 Å². The molecule has 0 saturated carbocycles. The van der Waals surface area contributed by atoms with Gasteiger partial charge in [-0.15, -0.1) is 0 Å². The lowest BCUT2D eigenvalue weighted by Gasteiger charge is -2.08. The largest absolute Gasteiger partial charge is 0.497 e. The molecule has 7 aromatic rings. The summed E-state index contributed by atoms with van der Waals surface area (Å²) < 4.78 is 11.0. The number of benzene rings is 4. The van der Waals surface area contributed by atoms with Gasteiger partial charge < -0.3 is 19.4 Å². The molecular weight excluding hydrogens is 641 g/mol. The van der Waals surface area contributed by atoms with Gasteiger partial charge in [0.05, 0.1) is 37.0 Å². The minimum atomic E-state index is 0.794. The van der Waals surface area contributed by atoms with Crippen molar-refractivity contribution in [3.63, 3.8) is 0 Å². The van der Waals surface area contributed by atoms with Crippen molar-refractivity contribution in [1.82, 2.24) is 19.9 Å². The number of H-pyrrole nitrogens is 2. The number of fused-ring (bicyclic) bond motifs is 8. The number of methoxy groups -OCH3 is 2. The molecule has 2 aliphatic rings. The van der Waals surface area contributed by atoms with Crippen LogP contribution in [0, 0.1) is 0 Å². The molecule has 6 heteroatoms. The zero-order valence-corrected chi connectivity index (χ0v) is 28.7. The van der Waals surface area contributed by atoms with Crippen molar-refractivity contribution in [2.45, 2.75) is 0 Å². The quantitative estimate of drug-likeness (QED) is 0.184. The van der Waals surface area contributed by atoms with Gasteiger partial charge in [-0.1, -0.05) is 84.9 Å². The van der Waals surface area contributed by atoms with Crippen molar-refractivity contribution in [1.29, 1.82) is 0 Å². The van der Waals surface area contributed by atoms with E-state index < -0.39 is 0 Å². The van der Waals surface area contributed by atoms with Gasteiger partial charge in [-0.05, 0) is 95.1 Å². The maximum atomic E-state index is 5.52. The Morgan fingerprint density at radius 1 is 0.346 bits per heavy atom. The highest BCUT2D eigenvalue weighted by atomic mass is 16.5. The molecule has 0 fully saturated rings. The average Bonchev–Trinajstić information content (AvgIpc) is 4.04. The molecule has 9 rings (SSSR count). The summed E-state index contributed by atoms with van der Waals surface area (Å²) in [6, 6.07) is 45.8. The van der Waals surface area contributed by atoms with E-state index >= 15 is 0 Å². The summed E-state index contributed by atoms with van der Waals surface area (Å²) in [5.74, 6) is 1.59. The van der Waals surface area contributed by atoms with Crippen LogP contribution in [0.15, 0.2) is 133 Å². The zero-order valence-electron chi connectivity index (χ0n) is 28.7. The predicted octanol–water partition coefficient (Wildman–Crippen LogP) is 11.3. The first-order valence-electron chi connectivity index (χ1n) is 17.2. The topological polar surface area (TPSA) is 75.8 Å². The van der Waals surface area contributed by atoms with Crippen LogP contribution in [0.4, 0.5) is 0 Å². The van der Waals surface area contributed by atoms with E-state index in [4.69, 9.17) is 19.4 Å². The van der Waals surface area contributed by atoms with Crippen LogP contribution in [0.3, 0.4) is 0 Å². The molecular formula is C46H34N4O2. The number of aromatic amines is 2. The molecule has 0 spiro atoms. The second-order valence-corrected chi connectivity index (χ2v) is 12.7. The second-order valence-electron chi connectivity index (χ2n) is 12.7. The Hall–Kier alpha value is -6.92. The highest BCUT2D eigenvalue weighted by molar-refractivity contribution is 5.99. The van der Waals surface area contributed by atoms with Crippen LogP contribution in [-0.4, -0.2) is 34.2 Å². The normalized spacial score (nSPS) is 11.9. The lowest BCUT2D eigenvalue weighted by molar-refractivity contribution is 0.415. The fraction of sp³-hybridized carbons (Fsp3) is 0.0435. The molecule has 0 radical (unpaired) electrons. The maximum Gasteiger partial charge on any atom is 0.118 e. The van der Waals surface area contributed by atoms with E-state index in [2.05, 4.69) is 131 Å². The number of ether oxygens (including phenoxy) is 2. The van der Waals surface area contributed by atoms with Crippen LogP contribution in [0.2, 0.25) is 0 Å². The van der Waals surface area contributed by atoms with Crippen molar-refractivity contribution in [2.24, 2.45) is 0 Å². The molecule has 2 aliphatic heterocycles. The molecule has 4 aromatic carbocycles.